The van der Waals surface area contributed by atoms with Crippen LogP contribution in [0.3, 0.4) is 0 Å². The molecule has 3 rings (SSSR count). The number of amides is 1. The number of nitrogens with two attached hydrogens (primary N) is 1. The van der Waals surface area contributed by atoms with Gasteiger partial charge in [-0.1, -0.05) is 37.3 Å². The molecule has 0 radical (unpaired) electrons. The molecule has 1 aliphatic rings. The number of benzene rings is 1. The number of carbonyl (C=O) groups excluding carboxylic acids is 1. The van der Waals surface area contributed by atoms with Crippen LogP contribution in [0.4, 0.5) is 0 Å². The van der Waals surface area contributed by atoms with Gasteiger partial charge in [-0.25, -0.2) is 4.98 Å². The summed E-state index contributed by atoms with van der Waals surface area (Å²) in [5.74, 6) is 0.344. The third-order valence-electron chi connectivity index (χ3n) is 4.86. The van der Waals surface area contributed by atoms with E-state index in [9.17, 15) is 4.79 Å². The van der Waals surface area contributed by atoms with E-state index in [1.807, 2.05) is 46.8 Å². The van der Waals surface area contributed by atoms with E-state index in [4.69, 9.17) is 5.73 Å². The molecule has 0 bridgehead atoms. The molecule has 1 aromatic heterocycles. The lowest BCUT2D eigenvalue weighted by molar-refractivity contribution is -0.137. The molecule has 1 amide bonds. The van der Waals surface area contributed by atoms with Crippen LogP contribution in [0.15, 0.2) is 43.0 Å². The van der Waals surface area contributed by atoms with E-state index in [-0.39, 0.29) is 42.7 Å². The van der Waals surface area contributed by atoms with Crippen LogP contribution in [0, 0.1) is 11.8 Å². The van der Waals surface area contributed by atoms with E-state index in [1.165, 1.54) is 0 Å². The second-order valence-corrected chi connectivity index (χ2v) is 6.64. The maximum Gasteiger partial charge on any atom is 0.227 e. The molecule has 0 saturated carbocycles. The summed E-state index contributed by atoms with van der Waals surface area (Å²) >= 11 is 0. The van der Waals surface area contributed by atoms with Gasteiger partial charge in [-0.2, -0.15) is 5.10 Å². The Bertz CT molecular complexity index is 653. The number of hydrogen-bond acceptors (Lipinski definition) is 4. The first-order chi connectivity index (χ1) is 11.6. The second-order valence-electron chi connectivity index (χ2n) is 6.64. The molecular weight excluding hydrogens is 373 g/mol. The van der Waals surface area contributed by atoms with Crippen LogP contribution < -0.4 is 5.73 Å². The van der Waals surface area contributed by atoms with Gasteiger partial charge in [0.25, 0.3) is 0 Å². The Hall–Kier alpha value is -1.63. The topological polar surface area (TPSA) is 77.0 Å². The monoisotopic (exact) mass is 399 g/mol. The van der Waals surface area contributed by atoms with Gasteiger partial charge in [0.2, 0.25) is 5.91 Å². The SMILES string of the molecule is CC(C(=O)N1CCCC(Cn2cncn2)C1)C(N)c1ccccc1.Cl.Cl. The predicted octanol–water partition coefficient (Wildman–Crippen LogP) is 2.70. The molecule has 144 valence electrons. The highest BCUT2D eigenvalue weighted by atomic mass is 35.5. The van der Waals surface area contributed by atoms with Crippen molar-refractivity contribution in [1.29, 1.82) is 0 Å². The standard InChI is InChI=1S/C18H25N5O.2ClH/c1-14(17(19)16-7-3-2-4-8-16)18(24)22-9-5-6-15(10-22)11-23-13-20-12-21-23;;/h2-4,7-8,12-15,17H,5-6,9-11,19H2,1H3;2*1H. The molecule has 1 saturated heterocycles. The van der Waals surface area contributed by atoms with E-state index >= 15 is 0 Å². The molecule has 0 aliphatic carbocycles. The molecular formula is C18H27Cl2N5O. The fourth-order valence-corrected chi connectivity index (χ4v) is 3.41. The van der Waals surface area contributed by atoms with Gasteiger partial charge < -0.3 is 10.6 Å². The van der Waals surface area contributed by atoms with Crippen molar-refractivity contribution in [3.8, 4) is 0 Å². The second kappa shape index (κ2) is 10.5. The lowest BCUT2D eigenvalue weighted by Gasteiger charge is -2.35. The van der Waals surface area contributed by atoms with Crippen LogP contribution in [0.25, 0.3) is 0 Å². The van der Waals surface area contributed by atoms with E-state index < -0.39 is 0 Å². The first-order valence-electron chi connectivity index (χ1n) is 8.57. The average Bonchev–Trinajstić information content (AvgIpc) is 3.14. The Kier molecular flexibility index (Phi) is 9.05. The number of nitrogens with zero attached hydrogens (tertiary/aromatic N) is 4. The van der Waals surface area contributed by atoms with Crippen molar-refractivity contribution < 1.29 is 4.79 Å². The minimum atomic E-state index is -0.269. The summed E-state index contributed by atoms with van der Waals surface area (Å²) in [6.45, 7) is 4.33. The van der Waals surface area contributed by atoms with Gasteiger partial charge >= 0.3 is 0 Å². The number of hydrogen-bond donors (Lipinski definition) is 1. The van der Waals surface area contributed by atoms with Crippen molar-refractivity contribution in [1.82, 2.24) is 19.7 Å². The summed E-state index contributed by atoms with van der Waals surface area (Å²) in [5.41, 5.74) is 7.33. The minimum absolute atomic E-state index is 0. The molecule has 8 heteroatoms. The largest absolute Gasteiger partial charge is 0.342 e. The summed E-state index contributed by atoms with van der Waals surface area (Å²) in [4.78, 5) is 18.8. The summed E-state index contributed by atoms with van der Waals surface area (Å²) in [6.07, 6.45) is 5.42. The van der Waals surface area contributed by atoms with Crippen LogP contribution >= 0.6 is 24.8 Å². The first kappa shape index (κ1) is 22.4. The number of halogens is 2. The van der Waals surface area contributed by atoms with Crippen molar-refractivity contribution in [3.05, 3.63) is 48.5 Å². The lowest BCUT2D eigenvalue weighted by Crippen LogP contribution is -2.45. The number of piperidine rings is 1. The van der Waals surface area contributed by atoms with Crippen LogP contribution in [0.2, 0.25) is 0 Å². The number of rotatable bonds is 5. The molecule has 26 heavy (non-hydrogen) atoms. The number of aromatic nitrogens is 3. The molecule has 1 fully saturated rings. The smallest absolute Gasteiger partial charge is 0.227 e. The first-order valence-corrected chi connectivity index (χ1v) is 8.57. The Labute approximate surface area is 167 Å². The molecule has 3 atom stereocenters. The zero-order valence-corrected chi connectivity index (χ0v) is 16.5. The van der Waals surface area contributed by atoms with Crippen LogP contribution in [0.1, 0.15) is 31.4 Å². The molecule has 3 unspecified atom stereocenters. The predicted molar refractivity (Wildman–Crippen MR) is 106 cm³/mol. The van der Waals surface area contributed by atoms with Crippen molar-refractivity contribution >= 4 is 30.7 Å². The Morgan fingerprint density at radius 1 is 1.31 bits per heavy atom. The Balaban J connectivity index is 0.00000169. The van der Waals surface area contributed by atoms with Gasteiger partial charge in [0, 0.05) is 25.7 Å². The van der Waals surface area contributed by atoms with Crippen LogP contribution in [-0.2, 0) is 11.3 Å². The van der Waals surface area contributed by atoms with Gasteiger partial charge in [0.1, 0.15) is 12.7 Å². The lowest BCUT2D eigenvalue weighted by atomic mass is 9.92. The van der Waals surface area contributed by atoms with Gasteiger partial charge in [-0.15, -0.1) is 24.8 Å². The number of carbonyl (C=O) groups is 1. The minimum Gasteiger partial charge on any atom is -0.342 e. The summed E-state index contributed by atoms with van der Waals surface area (Å²) in [7, 11) is 0. The molecule has 2 aromatic rings. The van der Waals surface area contributed by atoms with Gasteiger partial charge in [0.05, 0.1) is 5.92 Å². The maximum absolute atomic E-state index is 12.9. The van der Waals surface area contributed by atoms with Crippen LogP contribution in [0.5, 0.6) is 0 Å². The van der Waals surface area contributed by atoms with E-state index in [0.29, 0.717) is 5.92 Å². The van der Waals surface area contributed by atoms with E-state index in [1.54, 1.807) is 12.7 Å². The Morgan fingerprint density at radius 3 is 2.69 bits per heavy atom. The highest BCUT2D eigenvalue weighted by Gasteiger charge is 2.30. The Morgan fingerprint density at radius 2 is 2.04 bits per heavy atom. The van der Waals surface area contributed by atoms with Crippen LogP contribution in [-0.4, -0.2) is 38.7 Å². The quantitative estimate of drug-likeness (QED) is 0.837. The highest BCUT2D eigenvalue weighted by molar-refractivity contribution is 5.85. The van der Waals surface area contributed by atoms with Gasteiger partial charge in [-0.05, 0) is 24.3 Å². The third kappa shape index (κ3) is 5.43. The van der Waals surface area contributed by atoms with E-state index in [0.717, 1.165) is 38.0 Å². The molecule has 1 aromatic carbocycles. The zero-order chi connectivity index (χ0) is 16.9. The average molecular weight is 400 g/mol. The van der Waals surface area contributed by atoms with Crippen molar-refractivity contribution in [2.75, 3.05) is 13.1 Å². The van der Waals surface area contributed by atoms with Crippen molar-refractivity contribution in [2.24, 2.45) is 17.6 Å². The van der Waals surface area contributed by atoms with Gasteiger partial charge in [0.15, 0.2) is 0 Å². The fourth-order valence-electron chi connectivity index (χ4n) is 3.41. The summed E-state index contributed by atoms with van der Waals surface area (Å²) < 4.78 is 1.85. The fraction of sp³-hybridized carbons (Fsp3) is 0.500. The summed E-state index contributed by atoms with van der Waals surface area (Å²) in [5, 5.41) is 4.17. The normalized spacial score (nSPS) is 19.0. The van der Waals surface area contributed by atoms with Crippen molar-refractivity contribution in [2.45, 2.75) is 32.4 Å². The highest BCUT2D eigenvalue weighted by Crippen LogP contribution is 2.24. The zero-order valence-electron chi connectivity index (χ0n) is 14.9. The molecule has 1 aliphatic heterocycles. The molecule has 6 nitrogen and oxygen atoms in total. The molecule has 2 heterocycles. The molecule has 0 spiro atoms. The van der Waals surface area contributed by atoms with E-state index in [2.05, 4.69) is 10.1 Å². The van der Waals surface area contributed by atoms with Gasteiger partial charge in [-0.3, -0.25) is 9.48 Å². The number of likely N-dealkylation sites (tertiary alicyclic amines) is 1. The third-order valence-corrected chi connectivity index (χ3v) is 4.86. The van der Waals surface area contributed by atoms with Crippen molar-refractivity contribution in [3.63, 3.8) is 0 Å². The molecule has 2 N–H and O–H groups in total. The maximum atomic E-state index is 12.9. The summed E-state index contributed by atoms with van der Waals surface area (Å²) in [6, 6.07) is 9.58.